The number of hydrogen-bond donors (Lipinski definition) is 1. The van der Waals surface area contributed by atoms with Gasteiger partial charge in [-0.3, -0.25) is 4.79 Å². The molecule has 1 N–H and O–H groups in total. The van der Waals surface area contributed by atoms with E-state index in [-0.39, 0.29) is 18.3 Å². The minimum Gasteiger partial charge on any atom is -0.360 e. The monoisotopic (exact) mass is 281 g/mol. The number of anilines is 1. The van der Waals surface area contributed by atoms with E-state index >= 15 is 0 Å². The first kappa shape index (κ1) is 16.4. The Morgan fingerprint density at radius 3 is 2.50 bits per heavy atom. The van der Waals surface area contributed by atoms with Gasteiger partial charge in [-0.15, -0.1) is 0 Å². The van der Waals surface area contributed by atoms with Crippen molar-refractivity contribution in [3.8, 4) is 0 Å². The first-order valence-corrected chi connectivity index (χ1v) is 6.93. The predicted octanol–water partition coefficient (Wildman–Crippen LogP) is 1.85. The van der Waals surface area contributed by atoms with Gasteiger partial charge in [-0.2, -0.15) is 0 Å². The molecule has 0 heterocycles. The molecule has 1 amide bonds. The van der Waals surface area contributed by atoms with Gasteiger partial charge < -0.3 is 15.1 Å². The molecule has 1 rings (SSSR count). The lowest BCUT2D eigenvalue weighted by Crippen LogP contribution is -2.37. The van der Waals surface area contributed by atoms with Crippen molar-refractivity contribution in [3.63, 3.8) is 0 Å². The molecular formula is C15H24FN3O. The van der Waals surface area contributed by atoms with Crippen molar-refractivity contribution >= 4 is 11.6 Å². The Bertz CT molecular complexity index is 449. The number of likely N-dealkylation sites (N-methyl/N-ethyl adjacent to an activating group) is 2. The maximum atomic E-state index is 14.2. The van der Waals surface area contributed by atoms with Crippen LogP contribution in [0.15, 0.2) is 18.2 Å². The Balaban J connectivity index is 2.85. The van der Waals surface area contributed by atoms with Crippen LogP contribution in [0.5, 0.6) is 0 Å². The molecule has 112 valence electrons. The van der Waals surface area contributed by atoms with E-state index in [0.717, 1.165) is 12.1 Å². The first-order chi connectivity index (χ1) is 9.49. The molecule has 0 aliphatic rings. The third-order valence-electron chi connectivity index (χ3n) is 3.14. The van der Waals surface area contributed by atoms with E-state index in [4.69, 9.17) is 0 Å². The zero-order chi connectivity index (χ0) is 15.1. The molecule has 5 heteroatoms. The van der Waals surface area contributed by atoms with Crippen LogP contribution in [0.1, 0.15) is 19.4 Å². The fraction of sp³-hybridized carbons (Fsp3) is 0.533. The van der Waals surface area contributed by atoms with Crippen molar-refractivity contribution in [2.45, 2.75) is 20.4 Å². The molecule has 0 aromatic heterocycles. The fourth-order valence-corrected chi connectivity index (χ4v) is 1.86. The summed E-state index contributed by atoms with van der Waals surface area (Å²) in [4.78, 5) is 15.0. The highest BCUT2D eigenvalue weighted by Gasteiger charge is 2.15. The van der Waals surface area contributed by atoms with Crippen LogP contribution >= 0.6 is 0 Å². The molecule has 0 aliphatic carbocycles. The summed E-state index contributed by atoms with van der Waals surface area (Å²) >= 11 is 0. The molecule has 20 heavy (non-hydrogen) atoms. The van der Waals surface area contributed by atoms with Gasteiger partial charge in [0, 0.05) is 27.2 Å². The van der Waals surface area contributed by atoms with E-state index in [9.17, 15) is 9.18 Å². The zero-order valence-electron chi connectivity index (χ0n) is 12.7. The molecule has 0 saturated carbocycles. The van der Waals surface area contributed by atoms with Crippen molar-refractivity contribution < 1.29 is 9.18 Å². The van der Waals surface area contributed by atoms with Gasteiger partial charge in [-0.05, 0) is 31.2 Å². The number of nitrogens with one attached hydrogen (secondary N) is 1. The lowest BCUT2D eigenvalue weighted by molar-refractivity contribution is -0.127. The molecule has 0 radical (unpaired) electrons. The summed E-state index contributed by atoms with van der Waals surface area (Å²) in [6.45, 7) is 6.19. The van der Waals surface area contributed by atoms with Crippen molar-refractivity contribution in [1.82, 2.24) is 10.2 Å². The van der Waals surface area contributed by atoms with E-state index in [0.29, 0.717) is 18.8 Å². The van der Waals surface area contributed by atoms with Crippen LogP contribution in [-0.4, -0.2) is 44.5 Å². The first-order valence-electron chi connectivity index (χ1n) is 6.93. The quantitative estimate of drug-likeness (QED) is 0.828. The maximum absolute atomic E-state index is 14.2. The van der Waals surface area contributed by atoms with Crippen LogP contribution in [0.3, 0.4) is 0 Å². The molecule has 0 bridgehead atoms. The summed E-state index contributed by atoms with van der Waals surface area (Å²) in [5.74, 6) is -0.322. The summed E-state index contributed by atoms with van der Waals surface area (Å²) in [6, 6.07) is 5.17. The second-order valence-electron chi connectivity index (χ2n) is 4.87. The van der Waals surface area contributed by atoms with Gasteiger partial charge in [0.1, 0.15) is 5.82 Å². The molecule has 1 aromatic rings. The molecular weight excluding hydrogens is 257 g/mol. The Labute approximate surface area is 120 Å². The zero-order valence-corrected chi connectivity index (χ0v) is 12.7. The van der Waals surface area contributed by atoms with Gasteiger partial charge in [0.15, 0.2) is 0 Å². The van der Waals surface area contributed by atoms with Gasteiger partial charge >= 0.3 is 0 Å². The molecule has 1 aromatic carbocycles. The number of amides is 1. The van der Waals surface area contributed by atoms with Crippen molar-refractivity contribution in [2.75, 3.05) is 38.6 Å². The highest BCUT2D eigenvalue weighted by atomic mass is 19.1. The Hall–Kier alpha value is -1.62. The minimum atomic E-state index is -0.284. The van der Waals surface area contributed by atoms with Crippen molar-refractivity contribution in [3.05, 3.63) is 29.6 Å². The van der Waals surface area contributed by atoms with Crippen molar-refractivity contribution in [1.29, 1.82) is 0 Å². The second-order valence-corrected chi connectivity index (χ2v) is 4.87. The number of halogens is 1. The number of rotatable bonds is 7. The number of carbonyl (C=O) groups excluding carboxylic acids is 1. The Morgan fingerprint density at radius 1 is 1.30 bits per heavy atom. The smallest absolute Gasteiger partial charge is 0.241 e. The Morgan fingerprint density at radius 2 is 2.00 bits per heavy atom. The standard InChI is InChI=1S/C15H24FN3O/c1-5-17-10-12-7-8-14(13(16)9-12)19(6-2)11-15(20)18(3)4/h7-9,17H,5-6,10-11H2,1-4H3. The number of hydrogen-bond acceptors (Lipinski definition) is 3. The average molecular weight is 281 g/mol. The Kier molecular flexibility index (Phi) is 6.45. The number of benzene rings is 1. The highest BCUT2D eigenvalue weighted by Crippen LogP contribution is 2.20. The summed E-state index contributed by atoms with van der Waals surface area (Å²) in [5, 5.41) is 3.16. The van der Waals surface area contributed by atoms with E-state index in [1.807, 2.05) is 19.9 Å². The van der Waals surface area contributed by atoms with Crippen LogP contribution in [0.2, 0.25) is 0 Å². The third-order valence-corrected chi connectivity index (χ3v) is 3.14. The SMILES string of the molecule is CCNCc1ccc(N(CC)CC(=O)N(C)C)c(F)c1. The van der Waals surface area contributed by atoms with E-state index in [2.05, 4.69) is 5.32 Å². The van der Waals surface area contributed by atoms with E-state index in [1.165, 1.54) is 11.0 Å². The predicted molar refractivity (Wildman–Crippen MR) is 80.4 cm³/mol. The van der Waals surface area contributed by atoms with Crippen LogP contribution in [0.4, 0.5) is 10.1 Å². The molecule has 0 fully saturated rings. The molecule has 0 spiro atoms. The van der Waals surface area contributed by atoms with Crippen LogP contribution in [-0.2, 0) is 11.3 Å². The summed E-state index contributed by atoms with van der Waals surface area (Å²) < 4.78 is 14.2. The van der Waals surface area contributed by atoms with E-state index in [1.54, 1.807) is 25.1 Å². The third kappa shape index (κ3) is 4.49. The number of nitrogens with zero attached hydrogens (tertiary/aromatic N) is 2. The summed E-state index contributed by atoms with van der Waals surface area (Å²) in [7, 11) is 3.40. The van der Waals surface area contributed by atoms with Crippen LogP contribution in [0.25, 0.3) is 0 Å². The van der Waals surface area contributed by atoms with Gasteiger partial charge in [0.05, 0.1) is 12.2 Å². The molecule has 4 nitrogen and oxygen atoms in total. The van der Waals surface area contributed by atoms with Crippen molar-refractivity contribution in [2.24, 2.45) is 0 Å². The number of carbonyl (C=O) groups is 1. The lowest BCUT2D eigenvalue weighted by Gasteiger charge is -2.25. The van der Waals surface area contributed by atoms with E-state index < -0.39 is 0 Å². The van der Waals surface area contributed by atoms with Gasteiger partial charge in [-0.25, -0.2) is 4.39 Å². The lowest BCUT2D eigenvalue weighted by atomic mass is 10.1. The maximum Gasteiger partial charge on any atom is 0.241 e. The topological polar surface area (TPSA) is 35.6 Å². The molecule has 0 atom stereocenters. The molecule has 0 aliphatic heterocycles. The average Bonchev–Trinajstić information content (AvgIpc) is 2.42. The fourth-order valence-electron chi connectivity index (χ4n) is 1.86. The minimum absolute atomic E-state index is 0.0389. The highest BCUT2D eigenvalue weighted by molar-refractivity contribution is 5.81. The van der Waals surface area contributed by atoms with Crippen LogP contribution in [0, 0.1) is 5.82 Å². The van der Waals surface area contributed by atoms with Crippen LogP contribution < -0.4 is 10.2 Å². The van der Waals surface area contributed by atoms with Gasteiger partial charge in [-0.1, -0.05) is 13.0 Å². The summed E-state index contributed by atoms with van der Waals surface area (Å²) in [6.07, 6.45) is 0. The van der Waals surface area contributed by atoms with Gasteiger partial charge in [0.2, 0.25) is 5.91 Å². The summed E-state index contributed by atoms with van der Waals surface area (Å²) in [5.41, 5.74) is 1.38. The molecule has 0 unspecified atom stereocenters. The van der Waals surface area contributed by atoms with Gasteiger partial charge in [0.25, 0.3) is 0 Å². The largest absolute Gasteiger partial charge is 0.360 e. The second kappa shape index (κ2) is 7.85. The molecule has 0 saturated heterocycles. The normalized spacial score (nSPS) is 10.4.